The lowest BCUT2D eigenvalue weighted by atomic mass is 9.84. The molecule has 4 nitrogen and oxygen atoms in total. The largest absolute Gasteiger partial charge is 0.463 e. The van der Waals surface area contributed by atoms with E-state index in [0.717, 1.165) is 32.1 Å². The Morgan fingerprint density at radius 3 is 1.35 bits per heavy atom. The van der Waals surface area contributed by atoms with Crippen molar-refractivity contribution in [2.75, 3.05) is 0 Å². The number of rotatable bonds is 23. The third-order valence-electron chi connectivity index (χ3n) is 6.76. The van der Waals surface area contributed by atoms with E-state index in [1.807, 2.05) is 27.7 Å². The Bertz CT molecular complexity index is 486. The average Bonchev–Trinajstić information content (AvgIpc) is 2.76. The van der Waals surface area contributed by atoms with Gasteiger partial charge in [0, 0.05) is 6.42 Å². The number of hydrogen-bond donors (Lipinski definition) is 0. The van der Waals surface area contributed by atoms with E-state index < -0.39 is 0 Å². The molecule has 202 valence electrons. The lowest BCUT2D eigenvalue weighted by Gasteiger charge is -2.24. The third-order valence-corrected chi connectivity index (χ3v) is 6.76. The molecule has 0 radical (unpaired) electrons. The van der Waals surface area contributed by atoms with E-state index >= 15 is 0 Å². The maximum Gasteiger partial charge on any atom is 0.309 e. The highest BCUT2D eigenvalue weighted by Gasteiger charge is 2.27. The molecule has 2 atom stereocenters. The van der Waals surface area contributed by atoms with Crippen LogP contribution in [0.1, 0.15) is 157 Å². The van der Waals surface area contributed by atoms with Crippen LogP contribution in [0, 0.1) is 11.8 Å². The first kappa shape index (κ1) is 32.9. The van der Waals surface area contributed by atoms with Crippen LogP contribution in [0.15, 0.2) is 0 Å². The first-order chi connectivity index (χ1) is 16.3. The van der Waals surface area contributed by atoms with E-state index in [1.165, 1.54) is 77.0 Å². The Hall–Kier alpha value is -1.06. The van der Waals surface area contributed by atoms with Crippen LogP contribution < -0.4 is 0 Å². The highest BCUT2D eigenvalue weighted by atomic mass is 16.5. The number of unbranched alkanes of at least 4 members (excludes halogenated alkanes) is 13. The van der Waals surface area contributed by atoms with Crippen molar-refractivity contribution < 1.29 is 19.1 Å². The van der Waals surface area contributed by atoms with Crippen molar-refractivity contribution in [3.05, 3.63) is 0 Å². The summed E-state index contributed by atoms with van der Waals surface area (Å²) in [5.74, 6) is 0.501. The van der Waals surface area contributed by atoms with E-state index in [-0.39, 0.29) is 30.1 Å². The van der Waals surface area contributed by atoms with Gasteiger partial charge in [0.05, 0.1) is 18.1 Å². The molecule has 0 saturated heterocycles. The van der Waals surface area contributed by atoms with Crippen LogP contribution in [-0.2, 0) is 19.1 Å². The van der Waals surface area contributed by atoms with Crippen molar-refractivity contribution in [2.45, 2.75) is 169 Å². The standard InChI is InChI=1S/C30H58O4/c1-7-27(28(8-2)30(32)34-26(5)6)23-21-19-17-15-13-11-9-10-12-14-16-18-20-22-24-29(31)33-25(3)4/h25-28H,7-24H2,1-6H3. The van der Waals surface area contributed by atoms with Crippen molar-refractivity contribution in [1.29, 1.82) is 0 Å². The molecule has 0 saturated carbocycles. The van der Waals surface area contributed by atoms with Crippen LogP contribution in [-0.4, -0.2) is 24.1 Å². The van der Waals surface area contributed by atoms with Crippen LogP contribution in [0.3, 0.4) is 0 Å². The van der Waals surface area contributed by atoms with E-state index in [9.17, 15) is 9.59 Å². The maximum absolute atomic E-state index is 12.4. The van der Waals surface area contributed by atoms with E-state index in [2.05, 4.69) is 13.8 Å². The van der Waals surface area contributed by atoms with Crippen LogP contribution >= 0.6 is 0 Å². The van der Waals surface area contributed by atoms with Gasteiger partial charge in [-0.2, -0.15) is 0 Å². The summed E-state index contributed by atoms with van der Waals surface area (Å²) in [6, 6.07) is 0. The van der Waals surface area contributed by atoms with Gasteiger partial charge in [-0.1, -0.05) is 104 Å². The molecule has 0 aromatic heterocycles. The summed E-state index contributed by atoms with van der Waals surface area (Å²) in [5.41, 5.74) is 0. The number of esters is 2. The average molecular weight is 483 g/mol. The fourth-order valence-electron chi connectivity index (χ4n) is 4.82. The zero-order chi connectivity index (χ0) is 25.6. The summed E-state index contributed by atoms with van der Waals surface area (Å²) < 4.78 is 10.6. The highest BCUT2D eigenvalue weighted by molar-refractivity contribution is 5.72. The molecule has 0 aliphatic carbocycles. The van der Waals surface area contributed by atoms with E-state index in [1.54, 1.807) is 0 Å². The van der Waals surface area contributed by atoms with Gasteiger partial charge in [0.1, 0.15) is 0 Å². The molecule has 0 spiro atoms. The molecule has 0 aliphatic heterocycles. The van der Waals surface area contributed by atoms with Crippen molar-refractivity contribution in [2.24, 2.45) is 11.8 Å². The molecule has 0 aliphatic rings. The van der Waals surface area contributed by atoms with E-state index in [0.29, 0.717) is 12.3 Å². The van der Waals surface area contributed by atoms with Crippen LogP contribution in [0.25, 0.3) is 0 Å². The number of ether oxygens (including phenoxy) is 2. The lowest BCUT2D eigenvalue weighted by molar-refractivity contribution is -0.155. The van der Waals surface area contributed by atoms with Crippen LogP contribution in [0.2, 0.25) is 0 Å². The minimum absolute atomic E-state index is 0.00738. The lowest BCUT2D eigenvalue weighted by Crippen LogP contribution is -2.27. The summed E-state index contributed by atoms with van der Waals surface area (Å²) in [4.78, 5) is 23.8. The van der Waals surface area contributed by atoms with Gasteiger partial charge < -0.3 is 9.47 Å². The van der Waals surface area contributed by atoms with Crippen molar-refractivity contribution in [1.82, 2.24) is 0 Å². The van der Waals surface area contributed by atoms with Crippen LogP contribution in [0.4, 0.5) is 0 Å². The Kier molecular flexibility index (Phi) is 21.7. The van der Waals surface area contributed by atoms with Crippen LogP contribution in [0.5, 0.6) is 0 Å². The molecule has 0 fully saturated rings. The van der Waals surface area contributed by atoms with Gasteiger partial charge in [0.25, 0.3) is 0 Å². The highest BCUT2D eigenvalue weighted by Crippen LogP contribution is 2.27. The Morgan fingerprint density at radius 1 is 0.559 bits per heavy atom. The second-order valence-corrected chi connectivity index (χ2v) is 10.7. The normalized spacial score (nSPS) is 13.3. The van der Waals surface area contributed by atoms with Gasteiger partial charge in [0.15, 0.2) is 0 Å². The predicted molar refractivity (Wildman–Crippen MR) is 144 cm³/mol. The molecule has 0 rings (SSSR count). The SMILES string of the molecule is CCC(CCCCCCCCCCCCCCCCC(=O)OC(C)C)C(CC)C(=O)OC(C)C. The fraction of sp³-hybridized carbons (Fsp3) is 0.933. The quantitative estimate of drug-likeness (QED) is 0.108. The molecular formula is C30H58O4. The molecular weight excluding hydrogens is 424 g/mol. The topological polar surface area (TPSA) is 52.6 Å². The molecule has 0 N–H and O–H groups in total. The Morgan fingerprint density at radius 2 is 0.971 bits per heavy atom. The molecule has 2 unspecified atom stereocenters. The van der Waals surface area contributed by atoms with E-state index in [4.69, 9.17) is 9.47 Å². The molecule has 0 aromatic rings. The number of hydrogen-bond acceptors (Lipinski definition) is 4. The molecule has 4 heteroatoms. The minimum Gasteiger partial charge on any atom is -0.463 e. The number of carbonyl (C=O) groups excluding carboxylic acids is 2. The van der Waals surface area contributed by atoms with Gasteiger partial charge in [-0.05, 0) is 52.9 Å². The summed E-state index contributed by atoms with van der Waals surface area (Å²) in [6.45, 7) is 12.0. The second-order valence-electron chi connectivity index (χ2n) is 10.7. The molecule has 0 aromatic carbocycles. The predicted octanol–water partition coefficient (Wildman–Crippen LogP) is 9.18. The summed E-state index contributed by atoms with van der Waals surface area (Å²) in [5, 5.41) is 0. The minimum atomic E-state index is -0.0472. The van der Waals surface area contributed by atoms with Gasteiger partial charge in [-0.25, -0.2) is 0 Å². The zero-order valence-electron chi connectivity index (χ0n) is 23.7. The Labute approximate surface area is 212 Å². The van der Waals surface area contributed by atoms with Crippen molar-refractivity contribution >= 4 is 11.9 Å². The van der Waals surface area contributed by atoms with Gasteiger partial charge in [-0.15, -0.1) is 0 Å². The smallest absolute Gasteiger partial charge is 0.309 e. The van der Waals surface area contributed by atoms with Crippen molar-refractivity contribution in [3.63, 3.8) is 0 Å². The molecule has 34 heavy (non-hydrogen) atoms. The molecule has 0 heterocycles. The molecule has 0 amide bonds. The summed E-state index contributed by atoms with van der Waals surface area (Å²) >= 11 is 0. The Balaban J connectivity index is 3.53. The van der Waals surface area contributed by atoms with Crippen molar-refractivity contribution in [3.8, 4) is 0 Å². The fourth-order valence-corrected chi connectivity index (χ4v) is 4.82. The monoisotopic (exact) mass is 482 g/mol. The number of carbonyl (C=O) groups is 2. The van der Waals surface area contributed by atoms with Gasteiger partial charge >= 0.3 is 11.9 Å². The van der Waals surface area contributed by atoms with Gasteiger partial charge in [0.2, 0.25) is 0 Å². The first-order valence-electron chi connectivity index (χ1n) is 14.7. The molecule has 0 bridgehead atoms. The summed E-state index contributed by atoms with van der Waals surface area (Å²) in [6.07, 6.45) is 21.7. The maximum atomic E-state index is 12.4. The first-order valence-corrected chi connectivity index (χ1v) is 14.7. The third kappa shape index (κ3) is 19.3. The zero-order valence-corrected chi connectivity index (χ0v) is 23.7. The van der Waals surface area contributed by atoms with Gasteiger partial charge in [-0.3, -0.25) is 9.59 Å². The second kappa shape index (κ2) is 22.4. The summed E-state index contributed by atoms with van der Waals surface area (Å²) in [7, 11) is 0.